The first-order valence-corrected chi connectivity index (χ1v) is 15.4. The van der Waals surface area contributed by atoms with Crippen LogP contribution in [0.25, 0.3) is 0 Å². The monoisotopic (exact) mass is 532 g/mol. The van der Waals surface area contributed by atoms with E-state index >= 15 is 0 Å². The van der Waals surface area contributed by atoms with E-state index in [0.717, 1.165) is 17.6 Å². The summed E-state index contributed by atoms with van der Waals surface area (Å²) in [6.45, 7) is 14.2. The molecular formula is C33H44O4Si. The highest BCUT2D eigenvalue weighted by Crippen LogP contribution is 2.39. The van der Waals surface area contributed by atoms with Crippen molar-refractivity contribution >= 4 is 25.0 Å². The average molecular weight is 533 g/mol. The summed E-state index contributed by atoms with van der Waals surface area (Å²) < 4.78 is 19.1. The second-order valence-electron chi connectivity index (χ2n) is 11.9. The Morgan fingerprint density at radius 1 is 0.816 bits per heavy atom. The van der Waals surface area contributed by atoms with Crippen LogP contribution in [0.15, 0.2) is 84.9 Å². The van der Waals surface area contributed by atoms with Crippen molar-refractivity contribution in [2.45, 2.75) is 65.7 Å². The highest BCUT2D eigenvalue weighted by Gasteiger charge is 2.51. The normalized spacial score (nSPS) is 14.1. The predicted molar refractivity (Wildman–Crippen MR) is 159 cm³/mol. The molecule has 0 aliphatic rings. The number of benzene rings is 3. The van der Waals surface area contributed by atoms with Crippen LogP contribution < -0.4 is 15.1 Å². The van der Waals surface area contributed by atoms with Crippen molar-refractivity contribution in [3.05, 3.63) is 90.5 Å². The molecule has 3 aromatic carbocycles. The Bertz CT molecular complexity index is 1080. The first-order valence-electron chi connectivity index (χ1n) is 13.5. The van der Waals surface area contributed by atoms with Gasteiger partial charge in [-0.3, -0.25) is 0 Å². The number of carbonyl (C=O) groups is 1. The van der Waals surface area contributed by atoms with E-state index in [1.54, 1.807) is 7.11 Å². The van der Waals surface area contributed by atoms with Crippen LogP contribution >= 0.6 is 0 Å². The molecule has 0 N–H and O–H groups in total. The van der Waals surface area contributed by atoms with Crippen LogP contribution in [0, 0.1) is 11.3 Å². The van der Waals surface area contributed by atoms with Crippen LogP contribution in [0.4, 0.5) is 0 Å². The zero-order chi connectivity index (χ0) is 27.8. The van der Waals surface area contributed by atoms with E-state index in [9.17, 15) is 4.79 Å². The van der Waals surface area contributed by atoms with Gasteiger partial charge in [-0.05, 0) is 39.5 Å². The Kier molecular flexibility index (Phi) is 10.1. The van der Waals surface area contributed by atoms with Gasteiger partial charge in [0.1, 0.15) is 12.0 Å². The predicted octanol–water partition coefficient (Wildman–Crippen LogP) is 6.41. The number of hydrogen-bond acceptors (Lipinski definition) is 4. The largest absolute Gasteiger partial charge is 0.497 e. The van der Waals surface area contributed by atoms with E-state index in [1.807, 2.05) is 31.2 Å². The maximum atomic E-state index is 11.6. The standard InChI is InChI=1S/C33H44O4Si/c1-26(23-34)22-31(36-24-27-18-20-28(35-7)21-19-27)33(5,6)25-37-38(32(2,3)4,29-14-10-8-11-15-29)30-16-12-9-13-17-30/h8-21,23,26,31H,22,24-25H2,1-7H3/t26-,31-/m1/s1. The zero-order valence-corrected chi connectivity index (χ0v) is 25.1. The zero-order valence-electron chi connectivity index (χ0n) is 24.1. The van der Waals surface area contributed by atoms with Gasteiger partial charge in [-0.1, -0.05) is 114 Å². The molecule has 38 heavy (non-hydrogen) atoms. The summed E-state index contributed by atoms with van der Waals surface area (Å²) in [5.41, 5.74) is 0.731. The highest BCUT2D eigenvalue weighted by atomic mass is 28.4. The number of hydrogen-bond donors (Lipinski definition) is 0. The average Bonchev–Trinajstić information content (AvgIpc) is 2.91. The second-order valence-corrected chi connectivity index (χ2v) is 16.2. The van der Waals surface area contributed by atoms with Gasteiger partial charge >= 0.3 is 0 Å². The molecule has 0 bridgehead atoms. The van der Waals surface area contributed by atoms with Gasteiger partial charge in [0.15, 0.2) is 0 Å². The van der Waals surface area contributed by atoms with Gasteiger partial charge in [-0.15, -0.1) is 0 Å². The molecule has 204 valence electrons. The third-order valence-electron chi connectivity index (χ3n) is 7.38. The number of methoxy groups -OCH3 is 1. The molecule has 0 amide bonds. The Hall–Kier alpha value is -2.73. The fourth-order valence-corrected chi connectivity index (χ4v) is 9.82. The molecule has 0 radical (unpaired) electrons. The molecule has 0 spiro atoms. The van der Waals surface area contributed by atoms with Crippen LogP contribution in [0.2, 0.25) is 5.04 Å². The first kappa shape index (κ1) is 29.8. The van der Waals surface area contributed by atoms with Crippen molar-refractivity contribution in [1.29, 1.82) is 0 Å². The highest BCUT2D eigenvalue weighted by molar-refractivity contribution is 6.99. The second kappa shape index (κ2) is 12.9. The molecule has 5 heteroatoms. The SMILES string of the molecule is COc1ccc(CO[C@H](C[C@@H](C)C=O)C(C)(C)CO[Si](c2ccccc2)(c2ccccc2)C(C)(C)C)cc1. The smallest absolute Gasteiger partial charge is 0.261 e. The lowest BCUT2D eigenvalue weighted by atomic mass is 9.83. The quantitative estimate of drug-likeness (QED) is 0.189. The Morgan fingerprint density at radius 2 is 1.34 bits per heavy atom. The fraction of sp³-hybridized carbons (Fsp3) is 0.424. The van der Waals surface area contributed by atoms with Gasteiger partial charge in [-0.25, -0.2) is 0 Å². The summed E-state index contributed by atoms with van der Waals surface area (Å²) in [6, 6.07) is 29.3. The third-order valence-corrected chi connectivity index (χ3v) is 12.4. The molecule has 0 saturated carbocycles. The Morgan fingerprint density at radius 3 is 1.79 bits per heavy atom. The molecule has 0 fully saturated rings. The maximum Gasteiger partial charge on any atom is 0.261 e. The molecule has 3 aromatic rings. The number of carbonyl (C=O) groups excluding carboxylic acids is 1. The summed E-state index contributed by atoms with van der Waals surface area (Å²) in [7, 11) is -1.03. The van der Waals surface area contributed by atoms with Gasteiger partial charge in [0.05, 0.1) is 19.8 Å². The van der Waals surface area contributed by atoms with Crippen molar-refractivity contribution < 1.29 is 18.7 Å². The van der Waals surface area contributed by atoms with Crippen LogP contribution in [0.5, 0.6) is 5.75 Å². The maximum absolute atomic E-state index is 11.6. The van der Waals surface area contributed by atoms with Gasteiger partial charge in [-0.2, -0.15) is 0 Å². The molecule has 4 nitrogen and oxygen atoms in total. The van der Waals surface area contributed by atoms with Crippen LogP contribution in [-0.2, 0) is 20.6 Å². The topological polar surface area (TPSA) is 44.8 Å². The van der Waals surface area contributed by atoms with E-state index in [0.29, 0.717) is 19.6 Å². The van der Waals surface area contributed by atoms with Gasteiger partial charge in [0, 0.05) is 17.9 Å². The molecule has 0 aliphatic carbocycles. The van der Waals surface area contributed by atoms with Crippen molar-refractivity contribution in [2.24, 2.45) is 11.3 Å². The Labute approximate surface area is 230 Å². The van der Waals surface area contributed by atoms with Crippen LogP contribution in [0.3, 0.4) is 0 Å². The van der Waals surface area contributed by atoms with Crippen molar-refractivity contribution in [3.63, 3.8) is 0 Å². The van der Waals surface area contributed by atoms with Crippen molar-refractivity contribution in [1.82, 2.24) is 0 Å². The van der Waals surface area contributed by atoms with Crippen LogP contribution in [-0.4, -0.2) is 34.4 Å². The summed E-state index contributed by atoms with van der Waals surface area (Å²) in [6.07, 6.45) is 1.49. The summed E-state index contributed by atoms with van der Waals surface area (Å²) in [5, 5.41) is 2.40. The third kappa shape index (κ3) is 7.01. The van der Waals surface area contributed by atoms with Gasteiger partial charge in [0.25, 0.3) is 8.32 Å². The van der Waals surface area contributed by atoms with Crippen molar-refractivity contribution in [3.8, 4) is 5.75 Å². The summed E-state index contributed by atoms with van der Waals surface area (Å²) in [4.78, 5) is 11.6. The molecular weight excluding hydrogens is 488 g/mol. The molecule has 0 aliphatic heterocycles. The fourth-order valence-electron chi connectivity index (χ4n) is 5.07. The number of rotatable bonds is 13. The van der Waals surface area contributed by atoms with Gasteiger partial charge in [0.2, 0.25) is 0 Å². The van der Waals surface area contributed by atoms with E-state index in [-0.39, 0.29) is 22.5 Å². The van der Waals surface area contributed by atoms with E-state index in [4.69, 9.17) is 13.9 Å². The number of aldehydes is 1. The molecule has 0 aromatic heterocycles. The minimum absolute atomic E-state index is 0.108. The molecule has 3 rings (SSSR count). The van der Waals surface area contributed by atoms with E-state index in [1.165, 1.54) is 10.4 Å². The molecule has 0 heterocycles. The lowest BCUT2D eigenvalue weighted by molar-refractivity contribution is -0.114. The lowest BCUT2D eigenvalue weighted by Gasteiger charge is -2.46. The number of ether oxygens (including phenoxy) is 2. The Balaban J connectivity index is 1.93. The summed E-state index contributed by atoms with van der Waals surface area (Å²) in [5.74, 6) is 0.710. The molecule has 2 atom stereocenters. The van der Waals surface area contributed by atoms with Gasteiger partial charge < -0.3 is 18.7 Å². The minimum atomic E-state index is -2.69. The van der Waals surface area contributed by atoms with E-state index < -0.39 is 8.32 Å². The van der Waals surface area contributed by atoms with Crippen molar-refractivity contribution in [2.75, 3.05) is 13.7 Å². The minimum Gasteiger partial charge on any atom is -0.497 e. The molecule has 0 saturated heterocycles. The van der Waals surface area contributed by atoms with Crippen LogP contribution in [0.1, 0.15) is 53.5 Å². The lowest BCUT2D eigenvalue weighted by Crippen LogP contribution is -2.67. The first-order chi connectivity index (χ1) is 18.0. The van der Waals surface area contributed by atoms with E-state index in [2.05, 4.69) is 95.3 Å². The summed E-state index contributed by atoms with van der Waals surface area (Å²) >= 11 is 0. The molecule has 0 unspecified atom stereocenters.